The van der Waals surface area contributed by atoms with Gasteiger partial charge in [0.2, 0.25) is 5.91 Å². The van der Waals surface area contributed by atoms with Crippen molar-refractivity contribution in [3.05, 3.63) is 77.3 Å². The first-order chi connectivity index (χ1) is 13.2. The summed E-state index contributed by atoms with van der Waals surface area (Å²) in [4.78, 5) is 15.0. The lowest BCUT2D eigenvalue weighted by Crippen LogP contribution is -2.37. The molecule has 1 aliphatic rings. The molecule has 0 saturated carbocycles. The van der Waals surface area contributed by atoms with Crippen molar-refractivity contribution in [2.45, 2.75) is 19.4 Å². The number of hydrogen-bond donors (Lipinski definition) is 1. The average molecular weight is 379 g/mol. The number of benzene rings is 3. The van der Waals surface area contributed by atoms with Gasteiger partial charge in [0, 0.05) is 23.2 Å². The van der Waals surface area contributed by atoms with Crippen LogP contribution in [0, 0.1) is 5.92 Å². The van der Waals surface area contributed by atoms with Crippen molar-refractivity contribution in [2.24, 2.45) is 5.92 Å². The van der Waals surface area contributed by atoms with Gasteiger partial charge in [-0.3, -0.25) is 9.69 Å². The minimum atomic E-state index is 0.0627. The molecule has 1 N–H and O–H groups in total. The number of anilines is 1. The summed E-state index contributed by atoms with van der Waals surface area (Å²) in [7, 11) is 0. The summed E-state index contributed by atoms with van der Waals surface area (Å²) >= 11 is 5.99. The molecule has 1 aliphatic heterocycles. The maximum atomic E-state index is 12.5. The van der Waals surface area contributed by atoms with Gasteiger partial charge in [-0.05, 0) is 60.5 Å². The van der Waals surface area contributed by atoms with Gasteiger partial charge in [0.05, 0.1) is 0 Å². The molecule has 4 rings (SSSR count). The number of amides is 1. The van der Waals surface area contributed by atoms with Crippen LogP contribution < -0.4 is 5.32 Å². The number of halogens is 1. The lowest BCUT2D eigenvalue weighted by molar-refractivity contribution is -0.121. The molecule has 3 aromatic carbocycles. The molecule has 0 aliphatic carbocycles. The fourth-order valence-electron chi connectivity index (χ4n) is 3.84. The SMILES string of the molecule is O=C(Nc1cccc(Cl)c1)C1CCN(Cc2cccc3ccccc23)CC1. The lowest BCUT2D eigenvalue weighted by Gasteiger charge is -2.31. The predicted octanol–water partition coefficient (Wildman–Crippen LogP) is 5.34. The molecule has 0 atom stereocenters. The number of nitrogens with one attached hydrogen (secondary N) is 1. The Hall–Kier alpha value is -2.36. The second-order valence-corrected chi connectivity index (χ2v) is 7.62. The van der Waals surface area contributed by atoms with Crippen LogP contribution in [0.4, 0.5) is 5.69 Å². The summed E-state index contributed by atoms with van der Waals surface area (Å²) in [6.45, 7) is 2.82. The zero-order valence-corrected chi connectivity index (χ0v) is 16.0. The first kappa shape index (κ1) is 18.0. The van der Waals surface area contributed by atoms with E-state index in [1.165, 1.54) is 16.3 Å². The molecular formula is C23H23ClN2O. The van der Waals surface area contributed by atoms with Gasteiger partial charge in [-0.25, -0.2) is 0 Å². The molecular weight excluding hydrogens is 356 g/mol. The van der Waals surface area contributed by atoms with Crippen LogP contribution in [0.5, 0.6) is 0 Å². The predicted molar refractivity (Wildman–Crippen MR) is 112 cm³/mol. The van der Waals surface area contributed by atoms with E-state index in [9.17, 15) is 4.79 Å². The largest absolute Gasteiger partial charge is 0.326 e. The molecule has 0 aromatic heterocycles. The highest BCUT2D eigenvalue weighted by Gasteiger charge is 2.25. The standard InChI is InChI=1S/C23H23ClN2O/c24-20-8-4-9-21(15-20)25-23(27)18-11-13-26(14-12-18)16-19-7-3-6-17-5-1-2-10-22(17)19/h1-10,15,18H,11-14,16H2,(H,25,27). The summed E-state index contributed by atoms with van der Waals surface area (Å²) in [6.07, 6.45) is 1.77. The summed E-state index contributed by atoms with van der Waals surface area (Å²) in [5.74, 6) is 0.162. The maximum absolute atomic E-state index is 12.5. The third kappa shape index (κ3) is 4.32. The Morgan fingerprint density at radius 2 is 1.74 bits per heavy atom. The van der Waals surface area contributed by atoms with Gasteiger partial charge >= 0.3 is 0 Å². The number of piperidine rings is 1. The van der Waals surface area contributed by atoms with Crippen molar-refractivity contribution in [2.75, 3.05) is 18.4 Å². The van der Waals surface area contributed by atoms with E-state index in [2.05, 4.69) is 52.7 Å². The third-order valence-corrected chi connectivity index (χ3v) is 5.56. The van der Waals surface area contributed by atoms with Crippen LogP contribution in [-0.2, 0) is 11.3 Å². The fraction of sp³-hybridized carbons (Fsp3) is 0.261. The number of carbonyl (C=O) groups excluding carboxylic acids is 1. The molecule has 1 saturated heterocycles. The summed E-state index contributed by atoms with van der Waals surface area (Å²) in [5, 5.41) is 6.24. The molecule has 3 nitrogen and oxygen atoms in total. The maximum Gasteiger partial charge on any atom is 0.227 e. The third-order valence-electron chi connectivity index (χ3n) is 5.32. The van der Waals surface area contributed by atoms with Crippen molar-refractivity contribution < 1.29 is 4.79 Å². The molecule has 0 unspecified atom stereocenters. The molecule has 0 spiro atoms. The quantitative estimate of drug-likeness (QED) is 0.664. The van der Waals surface area contributed by atoms with E-state index >= 15 is 0 Å². The van der Waals surface area contributed by atoms with Crippen molar-refractivity contribution in [1.29, 1.82) is 0 Å². The second-order valence-electron chi connectivity index (χ2n) is 7.19. The van der Waals surface area contributed by atoms with Crippen molar-refractivity contribution >= 4 is 34.0 Å². The number of rotatable bonds is 4. The van der Waals surface area contributed by atoms with Gasteiger partial charge in [-0.2, -0.15) is 0 Å². The molecule has 3 aromatic rings. The number of carbonyl (C=O) groups is 1. The van der Waals surface area contributed by atoms with Crippen LogP contribution in [0.2, 0.25) is 5.02 Å². The minimum absolute atomic E-state index is 0.0627. The molecule has 0 bridgehead atoms. The van der Waals surface area contributed by atoms with Gasteiger partial charge in [0.25, 0.3) is 0 Å². The van der Waals surface area contributed by atoms with Crippen LogP contribution in [0.25, 0.3) is 10.8 Å². The number of fused-ring (bicyclic) bond motifs is 1. The Labute approximate surface area is 164 Å². The van der Waals surface area contributed by atoms with Gasteiger partial charge < -0.3 is 5.32 Å². The first-order valence-corrected chi connectivity index (χ1v) is 9.82. The van der Waals surface area contributed by atoms with E-state index in [-0.39, 0.29) is 11.8 Å². The Balaban J connectivity index is 1.35. The highest BCUT2D eigenvalue weighted by atomic mass is 35.5. The smallest absolute Gasteiger partial charge is 0.227 e. The van der Waals surface area contributed by atoms with Gasteiger partial charge in [0.1, 0.15) is 0 Å². The van der Waals surface area contributed by atoms with E-state index in [1.807, 2.05) is 18.2 Å². The molecule has 138 valence electrons. The average Bonchev–Trinajstić information content (AvgIpc) is 2.69. The molecule has 1 amide bonds. The normalized spacial score (nSPS) is 15.7. The Morgan fingerprint density at radius 3 is 2.56 bits per heavy atom. The fourth-order valence-corrected chi connectivity index (χ4v) is 4.03. The van der Waals surface area contributed by atoms with Crippen molar-refractivity contribution in [3.8, 4) is 0 Å². The minimum Gasteiger partial charge on any atom is -0.326 e. The lowest BCUT2D eigenvalue weighted by atomic mass is 9.95. The van der Waals surface area contributed by atoms with Crippen LogP contribution in [0.15, 0.2) is 66.7 Å². The number of likely N-dealkylation sites (tertiary alicyclic amines) is 1. The highest BCUT2D eigenvalue weighted by Crippen LogP contribution is 2.24. The highest BCUT2D eigenvalue weighted by molar-refractivity contribution is 6.30. The molecule has 27 heavy (non-hydrogen) atoms. The summed E-state index contributed by atoms with van der Waals surface area (Å²) < 4.78 is 0. The summed E-state index contributed by atoms with van der Waals surface area (Å²) in [5.41, 5.74) is 2.13. The molecule has 1 heterocycles. The van der Waals surface area contributed by atoms with Crippen LogP contribution in [0.3, 0.4) is 0 Å². The van der Waals surface area contributed by atoms with Crippen molar-refractivity contribution in [1.82, 2.24) is 4.90 Å². The van der Waals surface area contributed by atoms with E-state index in [0.29, 0.717) is 5.02 Å². The zero-order valence-electron chi connectivity index (χ0n) is 15.2. The van der Waals surface area contributed by atoms with Crippen LogP contribution >= 0.6 is 11.6 Å². The first-order valence-electron chi connectivity index (χ1n) is 9.44. The molecule has 4 heteroatoms. The van der Waals surface area contributed by atoms with Crippen LogP contribution in [-0.4, -0.2) is 23.9 Å². The Morgan fingerprint density at radius 1 is 1.00 bits per heavy atom. The van der Waals surface area contributed by atoms with E-state index in [1.54, 1.807) is 6.07 Å². The van der Waals surface area contributed by atoms with E-state index in [4.69, 9.17) is 11.6 Å². The van der Waals surface area contributed by atoms with E-state index < -0.39 is 0 Å². The summed E-state index contributed by atoms with van der Waals surface area (Å²) in [6, 6.07) is 22.3. The molecule has 0 radical (unpaired) electrons. The zero-order chi connectivity index (χ0) is 18.6. The van der Waals surface area contributed by atoms with Crippen molar-refractivity contribution in [3.63, 3.8) is 0 Å². The second kappa shape index (κ2) is 8.12. The van der Waals surface area contributed by atoms with Crippen LogP contribution in [0.1, 0.15) is 18.4 Å². The van der Waals surface area contributed by atoms with Gasteiger partial charge in [0.15, 0.2) is 0 Å². The van der Waals surface area contributed by atoms with E-state index in [0.717, 1.165) is 38.2 Å². The molecule has 1 fully saturated rings. The van der Waals surface area contributed by atoms with Gasteiger partial charge in [-0.15, -0.1) is 0 Å². The monoisotopic (exact) mass is 378 g/mol. The van der Waals surface area contributed by atoms with Gasteiger partial charge in [-0.1, -0.05) is 60.1 Å². The topological polar surface area (TPSA) is 32.3 Å². The Kier molecular flexibility index (Phi) is 5.42. The number of nitrogens with zero attached hydrogens (tertiary/aromatic N) is 1. The number of hydrogen-bond acceptors (Lipinski definition) is 2. The Bertz CT molecular complexity index is 943.